The van der Waals surface area contributed by atoms with Crippen molar-refractivity contribution in [1.29, 1.82) is 0 Å². The minimum Gasteiger partial charge on any atom is -0.505 e. The zero-order valence-corrected chi connectivity index (χ0v) is 16.8. The average Bonchev–Trinajstić information content (AvgIpc) is 3.15. The van der Waals surface area contributed by atoms with E-state index >= 15 is 0 Å². The molecule has 2 aromatic rings. The lowest BCUT2D eigenvalue weighted by Gasteiger charge is -2.54. The van der Waals surface area contributed by atoms with Gasteiger partial charge in [0.15, 0.2) is 6.29 Å². The van der Waals surface area contributed by atoms with E-state index in [1.165, 1.54) is 5.69 Å². The van der Waals surface area contributed by atoms with Gasteiger partial charge in [0.25, 0.3) is 0 Å². The maximum atomic E-state index is 11.4. The molecule has 0 bridgehead atoms. The Morgan fingerprint density at radius 1 is 1.39 bits per heavy atom. The average molecular weight is 405 g/mol. The van der Waals surface area contributed by atoms with Crippen molar-refractivity contribution in [1.82, 2.24) is 9.78 Å². The van der Waals surface area contributed by atoms with E-state index in [2.05, 4.69) is 29.7 Å². The Hall–Kier alpha value is -2.05. The van der Waals surface area contributed by atoms with Gasteiger partial charge in [0.1, 0.15) is 11.5 Å². The molecule has 150 valence electrons. The van der Waals surface area contributed by atoms with Gasteiger partial charge in [0.05, 0.1) is 23.8 Å². The molecule has 1 saturated carbocycles. The fourth-order valence-corrected chi connectivity index (χ4v) is 4.96. The van der Waals surface area contributed by atoms with Crippen LogP contribution in [0.25, 0.3) is 0 Å². The largest absolute Gasteiger partial charge is 0.505 e. The second-order valence-corrected chi connectivity index (χ2v) is 8.32. The predicted octanol–water partition coefficient (Wildman–Crippen LogP) is 4.08. The lowest BCUT2D eigenvalue weighted by atomic mass is 9.54. The molecule has 4 atom stereocenters. The standard InChI is InChI=1S/C21H25ClN2O4/c1-12(2)24-18(5-7-23-24)20-15-10-27-8-6-13(15)16(20)11-28-19-4-3-17(22)21(26)14(19)9-25/h3-5,7,9,12-13,15-16,20,26H,6,8,10-11H2,1-2H3/t13-,15?,16?,20?/m0/s1. The molecule has 1 aromatic heterocycles. The number of hydrogen-bond donors (Lipinski definition) is 1. The number of aromatic hydroxyl groups is 1. The summed E-state index contributed by atoms with van der Waals surface area (Å²) in [6, 6.07) is 5.56. The second kappa shape index (κ2) is 7.76. The number of benzene rings is 1. The number of phenols is 1. The molecule has 6 nitrogen and oxygen atoms in total. The topological polar surface area (TPSA) is 73.6 Å². The number of rotatable bonds is 6. The van der Waals surface area contributed by atoms with E-state index in [1.807, 2.05) is 6.20 Å². The van der Waals surface area contributed by atoms with E-state index in [4.69, 9.17) is 21.1 Å². The Morgan fingerprint density at radius 2 is 2.21 bits per heavy atom. The molecule has 1 aliphatic carbocycles. The highest BCUT2D eigenvalue weighted by Crippen LogP contribution is 2.55. The molecule has 0 amide bonds. The molecule has 1 N–H and O–H groups in total. The number of halogens is 1. The quantitative estimate of drug-likeness (QED) is 0.734. The van der Waals surface area contributed by atoms with Crippen LogP contribution in [-0.2, 0) is 4.74 Å². The van der Waals surface area contributed by atoms with Crippen molar-refractivity contribution < 1.29 is 19.4 Å². The first-order chi connectivity index (χ1) is 13.5. The van der Waals surface area contributed by atoms with Crippen LogP contribution in [0.5, 0.6) is 11.5 Å². The zero-order chi connectivity index (χ0) is 19.8. The van der Waals surface area contributed by atoms with Crippen molar-refractivity contribution in [3.63, 3.8) is 0 Å². The molecule has 1 aromatic carbocycles. The summed E-state index contributed by atoms with van der Waals surface area (Å²) >= 11 is 5.91. The molecule has 28 heavy (non-hydrogen) atoms. The van der Waals surface area contributed by atoms with Crippen LogP contribution in [-0.4, -0.2) is 41.0 Å². The Morgan fingerprint density at radius 3 is 2.96 bits per heavy atom. The van der Waals surface area contributed by atoms with E-state index in [9.17, 15) is 9.90 Å². The highest BCUT2D eigenvalue weighted by Gasteiger charge is 2.53. The van der Waals surface area contributed by atoms with Crippen LogP contribution in [0.1, 0.15) is 48.3 Å². The molecular weight excluding hydrogens is 380 g/mol. The van der Waals surface area contributed by atoms with Gasteiger partial charge in [-0.05, 0) is 50.3 Å². The third-order valence-corrected chi connectivity index (χ3v) is 6.44. The Bertz CT molecular complexity index is 866. The molecule has 7 heteroatoms. The van der Waals surface area contributed by atoms with Crippen LogP contribution in [0.3, 0.4) is 0 Å². The number of carbonyl (C=O) groups excluding carboxylic acids is 1. The number of nitrogens with zero attached hydrogens (tertiary/aromatic N) is 2. The van der Waals surface area contributed by atoms with Gasteiger partial charge in [-0.3, -0.25) is 9.48 Å². The fraction of sp³-hybridized carbons (Fsp3) is 0.524. The van der Waals surface area contributed by atoms with Gasteiger partial charge in [-0.2, -0.15) is 5.10 Å². The van der Waals surface area contributed by atoms with Crippen molar-refractivity contribution in [2.24, 2.45) is 17.8 Å². The van der Waals surface area contributed by atoms with Crippen LogP contribution >= 0.6 is 11.6 Å². The summed E-state index contributed by atoms with van der Waals surface area (Å²) in [4.78, 5) is 11.4. The van der Waals surface area contributed by atoms with Crippen molar-refractivity contribution in [3.8, 4) is 11.5 Å². The molecule has 3 unspecified atom stereocenters. The summed E-state index contributed by atoms with van der Waals surface area (Å²) in [7, 11) is 0. The lowest BCUT2D eigenvalue weighted by Crippen LogP contribution is -2.53. The van der Waals surface area contributed by atoms with E-state index in [0.29, 0.717) is 42.3 Å². The number of hydrogen-bond acceptors (Lipinski definition) is 5. The summed E-state index contributed by atoms with van der Waals surface area (Å²) in [5.41, 5.74) is 1.31. The molecule has 4 rings (SSSR count). The van der Waals surface area contributed by atoms with E-state index in [1.54, 1.807) is 12.1 Å². The number of aldehydes is 1. The van der Waals surface area contributed by atoms with Crippen molar-refractivity contribution in [2.75, 3.05) is 19.8 Å². The molecule has 0 radical (unpaired) electrons. The third kappa shape index (κ3) is 3.18. The summed E-state index contributed by atoms with van der Waals surface area (Å²) in [6.07, 6.45) is 3.45. The minimum absolute atomic E-state index is 0.0964. The molecule has 1 aliphatic heterocycles. The molecule has 0 spiro atoms. The van der Waals surface area contributed by atoms with E-state index in [-0.39, 0.29) is 22.4 Å². The van der Waals surface area contributed by atoms with Crippen LogP contribution in [0.15, 0.2) is 24.4 Å². The lowest BCUT2D eigenvalue weighted by molar-refractivity contribution is -0.106. The van der Waals surface area contributed by atoms with Gasteiger partial charge >= 0.3 is 0 Å². The zero-order valence-electron chi connectivity index (χ0n) is 16.0. The maximum absolute atomic E-state index is 11.4. The third-order valence-electron chi connectivity index (χ3n) is 6.14. The van der Waals surface area contributed by atoms with Crippen LogP contribution in [0.2, 0.25) is 5.02 Å². The molecule has 2 fully saturated rings. The molecular formula is C21H25ClN2O4. The Labute approximate surface area is 169 Å². The Balaban J connectivity index is 1.58. The highest BCUT2D eigenvalue weighted by molar-refractivity contribution is 6.32. The first kappa shape index (κ1) is 19.3. The minimum atomic E-state index is -0.235. The number of aromatic nitrogens is 2. The number of fused-ring (bicyclic) bond motifs is 1. The summed E-state index contributed by atoms with van der Waals surface area (Å²) in [6.45, 7) is 6.26. The number of phenolic OH excluding ortho intramolecular Hbond substituents is 1. The van der Waals surface area contributed by atoms with Gasteiger partial charge in [-0.25, -0.2) is 0 Å². The molecule has 2 heterocycles. The van der Waals surface area contributed by atoms with Gasteiger partial charge in [-0.1, -0.05) is 11.6 Å². The molecule has 2 aliphatic rings. The Kier molecular flexibility index (Phi) is 5.34. The molecule has 1 saturated heterocycles. The second-order valence-electron chi connectivity index (χ2n) is 7.91. The monoisotopic (exact) mass is 404 g/mol. The van der Waals surface area contributed by atoms with Gasteiger partial charge in [-0.15, -0.1) is 0 Å². The van der Waals surface area contributed by atoms with Crippen LogP contribution < -0.4 is 4.74 Å². The number of ether oxygens (including phenoxy) is 2. The van der Waals surface area contributed by atoms with Crippen molar-refractivity contribution in [3.05, 3.63) is 40.7 Å². The van der Waals surface area contributed by atoms with E-state index in [0.717, 1.165) is 19.6 Å². The van der Waals surface area contributed by atoms with Gasteiger partial charge in [0.2, 0.25) is 0 Å². The predicted molar refractivity (Wildman–Crippen MR) is 105 cm³/mol. The summed E-state index contributed by atoms with van der Waals surface area (Å²) in [5.74, 6) is 1.72. The van der Waals surface area contributed by atoms with Crippen LogP contribution in [0, 0.1) is 17.8 Å². The number of carbonyl (C=O) groups is 1. The summed E-state index contributed by atoms with van der Waals surface area (Å²) in [5, 5.41) is 14.7. The smallest absolute Gasteiger partial charge is 0.157 e. The van der Waals surface area contributed by atoms with Gasteiger partial charge in [0, 0.05) is 36.4 Å². The first-order valence-electron chi connectivity index (χ1n) is 9.73. The highest BCUT2D eigenvalue weighted by atomic mass is 35.5. The normalized spacial score (nSPS) is 26.6. The maximum Gasteiger partial charge on any atom is 0.157 e. The van der Waals surface area contributed by atoms with Crippen molar-refractivity contribution >= 4 is 17.9 Å². The van der Waals surface area contributed by atoms with Crippen LogP contribution in [0.4, 0.5) is 0 Å². The van der Waals surface area contributed by atoms with Gasteiger partial charge < -0.3 is 14.6 Å². The fourth-order valence-electron chi connectivity index (χ4n) is 4.79. The summed E-state index contributed by atoms with van der Waals surface area (Å²) < 4.78 is 13.8. The van der Waals surface area contributed by atoms with Crippen molar-refractivity contribution in [2.45, 2.75) is 32.2 Å². The SMILES string of the molecule is CC(C)n1nccc1C1C2COCC[C@@H]2C1COc1ccc(Cl)c(O)c1C=O. The van der Waals surface area contributed by atoms with E-state index < -0.39 is 0 Å². The first-order valence-corrected chi connectivity index (χ1v) is 10.1.